The van der Waals surface area contributed by atoms with E-state index in [1.165, 1.54) is 36.4 Å². The number of hydrogen-bond acceptors (Lipinski definition) is 4. The summed E-state index contributed by atoms with van der Waals surface area (Å²) in [4.78, 5) is -0.516. The van der Waals surface area contributed by atoms with Gasteiger partial charge in [-0.25, -0.2) is 31.1 Å². The van der Waals surface area contributed by atoms with Crippen LogP contribution in [0, 0.1) is 12.7 Å². The van der Waals surface area contributed by atoms with E-state index in [0.717, 1.165) is 6.07 Å². The number of aryl methyl sites for hydroxylation is 1. The number of nitrogens with one attached hydrogen (secondary N) is 1. The molecule has 9 heteroatoms. The van der Waals surface area contributed by atoms with Crippen molar-refractivity contribution in [3.63, 3.8) is 0 Å². The second kappa shape index (κ2) is 6.36. The summed E-state index contributed by atoms with van der Waals surface area (Å²) in [5, 5.41) is 4.97. The number of sulfonamides is 2. The van der Waals surface area contributed by atoms with Gasteiger partial charge < -0.3 is 0 Å². The van der Waals surface area contributed by atoms with Crippen LogP contribution >= 0.6 is 0 Å². The maximum Gasteiger partial charge on any atom is 0.243 e. The van der Waals surface area contributed by atoms with Crippen molar-refractivity contribution in [1.82, 2.24) is 4.72 Å². The van der Waals surface area contributed by atoms with E-state index in [0.29, 0.717) is 11.1 Å². The van der Waals surface area contributed by atoms with Crippen LogP contribution in [0.1, 0.15) is 11.1 Å². The number of benzene rings is 2. The molecule has 2 aromatic rings. The van der Waals surface area contributed by atoms with Gasteiger partial charge in [0.15, 0.2) is 0 Å². The first kappa shape index (κ1) is 17.5. The third kappa shape index (κ3) is 4.35. The predicted octanol–water partition coefficient (Wildman–Crippen LogP) is 1.26. The summed E-state index contributed by atoms with van der Waals surface area (Å²) < 4.78 is 62.5. The molecule has 0 aromatic heterocycles. The first-order valence-corrected chi connectivity index (χ1v) is 9.50. The highest BCUT2D eigenvalue weighted by molar-refractivity contribution is 7.89. The Morgan fingerprint density at radius 1 is 1.04 bits per heavy atom. The number of primary sulfonamides is 1. The molecule has 0 aliphatic rings. The van der Waals surface area contributed by atoms with Crippen molar-refractivity contribution >= 4 is 20.0 Å². The highest BCUT2D eigenvalue weighted by atomic mass is 32.2. The topological polar surface area (TPSA) is 106 Å². The summed E-state index contributed by atoms with van der Waals surface area (Å²) in [6.07, 6.45) is 0. The quantitative estimate of drug-likeness (QED) is 0.839. The van der Waals surface area contributed by atoms with Gasteiger partial charge in [-0.05, 0) is 42.3 Å². The van der Waals surface area contributed by atoms with Crippen LogP contribution in [0.4, 0.5) is 4.39 Å². The Balaban J connectivity index is 2.16. The SMILES string of the molecule is Cc1ccc(S(=O)(=O)NCc2ccc(S(N)(=O)=O)cc2)c(F)c1. The lowest BCUT2D eigenvalue weighted by Crippen LogP contribution is -2.24. The van der Waals surface area contributed by atoms with Gasteiger partial charge in [0.05, 0.1) is 4.90 Å². The highest BCUT2D eigenvalue weighted by Gasteiger charge is 2.18. The summed E-state index contributed by atoms with van der Waals surface area (Å²) in [6.45, 7) is 1.54. The Labute approximate surface area is 134 Å². The average molecular weight is 358 g/mol. The Kier molecular flexibility index (Phi) is 4.85. The predicted molar refractivity (Wildman–Crippen MR) is 83.0 cm³/mol. The van der Waals surface area contributed by atoms with Gasteiger partial charge in [0, 0.05) is 6.54 Å². The van der Waals surface area contributed by atoms with Crippen LogP contribution in [0.5, 0.6) is 0 Å². The van der Waals surface area contributed by atoms with E-state index in [2.05, 4.69) is 4.72 Å². The fraction of sp³-hybridized carbons (Fsp3) is 0.143. The van der Waals surface area contributed by atoms with Gasteiger partial charge in [0.25, 0.3) is 0 Å². The molecule has 0 fully saturated rings. The standard InChI is InChI=1S/C14H15FN2O4S2/c1-10-2-7-14(13(15)8-10)23(20,21)17-9-11-3-5-12(6-4-11)22(16,18)19/h2-8,17H,9H2,1H3,(H2,16,18,19). The first-order valence-electron chi connectivity index (χ1n) is 6.47. The molecule has 2 rings (SSSR count). The minimum absolute atomic E-state index is 0.0753. The smallest absolute Gasteiger partial charge is 0.225 e. The van der Waals surface area contributed by atoms with Crippen LogP contribution in [0.3, 0.4) is 0 Å². The van der Waals surface area contributed by atoms with E-state index in [1.807, 2.05) is 0 Å². The summed E-state index contributed by atoms with van der Waals surface area (Å²) >= 11 is 0. The van der Waals surface area contributed by atoms with Crippen molar-refractivity contribution in [2.75, 3.05) is 0 Å². The van der Waals surface area contributed by atoms with E-state index < -0.39 is 30.8 Å². The van der Waals surface area contributed by atoms with E-state index in [4.69, 9.17) is 5.14 Å². The molecular weight excluding hydrogens is 343 g/mol. The maximum atomic E-state index is 13.8. The molecule has 0 saturated heterocycles. The van der Waals surface area contributed by atoms with E-state index in [1.54, 1.807) is 6.92 Å². The molecule has 0 bridgehead atoms. The molecule has 0 heterocycles. The number of nitrogens with two attached hydrogens (primary N) is 1. The van der Waals surface area contributed by atoms with Gasteiger partial charge in [-0.15, -0.1) is 0 Å². The maximum absolute atomic E-state index is 13.8. The lowest BCUT2D eigenvalue weighted by atomic mass is 10.2. The molecule has 0 amide bonds. The van der Waals surface area contributed by atoms with E-state index in [-0.39, 0.29) is 11.4 Å². The molecule has 0 aliphatic heterocycles. The van der Waals surface area contributed by atoms with Gasteiger partial charge in [0.2, 0.25) is 20.0 Å². The fourth-order valence-corrected chi connectivity index (χ4v) is 3.47. The van der Waals surface area contributed by atoms with Crippen molar-refractivity contribution in [1.29, 1.82) is 0 Å². The van der Waals surface area contributed by atoms with Gasteiger partial charge >= 0.3 is 0 Å². The van der Waals surface area contributed by atoms with Crippen molar-refractivity contribution in [2.24, 2.45) is 5.14 Å². The van der Waals surface area contributed by atoms with Crippen LogP contribution < -0.4 is 9.86 Å². The molecule has 124 valence electrons. The molecule has 23 heavy (non-hydrogen) atoms. The van der Waals surface area contributed by atoms with Gasteiger partial charge in [-0.2, -0.15) is 0 Å². The molecule has 6 nitrogen and oxygen atoms in total. The second-order valence-electron chi connectivity index (χ2n) is 4.95. The van der Waals surface area contributed by atoms with Crippen LogP contribution in [-0.4, -0.2) is 16.8 Å². The van der Waals surface area contributed by atoms with Crippen LogP contribution in [0.2, 0.25) is 0 Å². The van der Waals surface area contributed by atoms with Gasteiger partial charge in [-0.3, -0.25) is 0 Å². The molecule has 0 aliphatic carbocycles. The summed E-state index contributed by atoms with van der Waals surface area (Å²) in [5.74, 6) is -0.831. The molecule has 0 atom stereocenters. The zero-order valence-electron chi connectivity index (χ0n) is 12.2. The molecule has 0 radical (unpaired) electrons. The van der Waals surface area contributed by atoms with Crippen molar-refractivity contribution in [3.8, 4) is 0 Å². The lowest BCUT2D eigenvalue weighted by Gasteiger charge is -2.08. The number of rotatable bonds is 5. The zero-order chi connectivity index (χ0) is 17.3. The summed E-state index contributed by atoms with van der Waals surface area (Å²) in [5.41, 5.74) is 1.12. The molecule has 2 aromatic carbocycles. The fourth-order valence-electron chi connectivity index (χ4n) is 1.88. The summed E-state index contributed by atoms with van der Waals surface area (Å²) in [7, 11) is -7.82. The summed E-state index contributed by atoms with van der Waals surface area (Å²) in [6, 6.07) is 9.21. The minimum atomic E-state index is -4.01. The molecule has 3 N–H and O–H groups in total. The van der Waals surface area contributed by atoms with Crippen molar-refractivity contribution in [2.45, 2.75) is 23.3 Å². The van der Waals surface area contributed by atoms with Gasteiger partial charge in [-0.1, -0.05) is 18.2 Å². The Morgan fingerprint density at radius 2 is 1.65 bits per heavy atom. The Hall–Kier alpha value is -1.81. The lowest BCUT2D eigenvalue weighted by molar-refractivity contribution is 0.556. The van der Waals surface area contributed by atoms with Gasteiger partial charge in [0.1, 0.15) is 10.7 Å². The van der Waals surface area contributed by atoms with Crippen LogP contribution in [-0.2, 0) is 26.6 Å². The Bertz CT molecular complexity index is 924. The molecule has 0 saturated carbocycles. The largest absolute Gasteiger partial charge is 0.243 e. The molecule has 0 spiro atoms. The Morgan fingerprint density at radius 3 is 2.17 bits per heavy atom. The van der Waals surface area contributed by atoms with E-state index >= 15 is 0 Å². The third-order valence-electron chi connectivity index (χ3n) is 3.10. The molecule has 0 unspecified atom stereocenters. The van der Waals surface area contributed by atoms with Crippen molar-refractivity contribution < 1.29 is 21.2 Å². The average Bonchev–Trinajstić information content (AvgIpc) is 2.44. The highest BCUT2D eigenvalue weighted by Crippen LogP contribution is 2.16. The second-order valence-corrected chi connectivity index (χ2v) is 8.24. The number of halogens is 1. The monoisotopic (exact) mass is 358 g/mol. The van der Waals surface area contributed by atoms with E-state index in [9.17, 15) is 21.2 Å². The van der Waals surface area contributed by atoms with Crippen LogP contribution in [0.15, 0.2) is 52.3 Å². The van der Waals surface area contributed by atoms with Crippen LogP contribution in [0.25, 0.3) is 0 Å². The van der Waals surface area contributed by atoms with Crippen molar-refractivity contribution in [3.05, 3.63) is 59.4 Å². The minimum Gasteiger partial charge on any atom is -0.225 e. The third-order valence-corrected chi connectivity index (χ3v) is 5.46. The molecular formula is C14H15FN2O4S2. The first-order chi connectivity index (χ1) is 10.6. The normalized spacial score (nSPS) is 12.3. The number of hydrogen-bond donors (Lipinski definition) is 2. The zero-order valence-corrected chi connectivity index (χ0v) is 13.8.